The summed E-state index contributed by atoms with van der Waals surface area (Å²) < 4.78 is 36.2. The highest BCUT2D eigenvalue weighted by Crippen LogP contribution is 2.34. The Morgan fingerprint density at radius 3 is 2.08 bits per heavy atom. The van der Waals surface area contributed by atoms with Crippen molar-refractivity contribution < 1.29 is 47.7 Å². The molecule has 0 aromatic heterocycles. The number of halogens is 1. The zero-order valence-electron chi connectivity index (χ0n) is 27.4. The standard InChI is InChI=1S/C34H34BrN5O11/c1-19-28(50-33(43)22-13-15-23(16-14-22)40(44)45)24(38-39-36)17-26(47-19)49-30-27(37-31(41)20-9-5-3-6-10-20)34(46-2)48-25(18-35)29(30)51-32(42)21-11-7-4-8-12-21/h3-16,19,24-30,34H,17-18H2,1-2H3,(H,37,41)/t19-,24-,25+,26-,27+,28-,29+,30+,34-/m0/s1. The van der Waals surface area contributed by atoms with Crippen molar-refractivity contribution in [3.8, 4) is 0 Å². The second kappa shape index (κ2) is 17.4. The number of nitro groups is 1. The van der Waals surface area contributed by atoms with Gasteiger partial charge in [-0.05, 0) is 48.9 Å². The van der Waals surface area contributed by atoms with Crippen LogP contribution in [-0.4, -0.2) is 90.4 Å². The molecule has 0 spiro atoms. The topological polar surface area (TPSA) is 211 Å². The number of nitro benzene ring substituents is 1. The van der Waals surface area contributed by atoms with Gasteiger partial charge < -0.3 is 33.7 Å². The molecule has 16 nitrogen and oxygen atoms in total. The number of ether oxygens (including phenoxy) is 6. The fourth-order valence-corrected chi connectivity index (χ4v) is 6.34. The van der Waals surface area contributed by atoms with Gasteiger partial charge in [0.2, 0.25) is 0 Å². The normalized spacial score (nSPS) is 27.3. The minimum absolute atomic E-state index is 0.0413. The molecule has 1 amide bonds. The largest absolute Gasteiger partial charge is 0.456 e. The lowest BCUT2D eigenvalue weighted by Crippen LogP contribution is -2.67. The molecule has 1 N–H and O–H groups in total. The molecule has 0 bridgehead atoms. The Bertz CT molecular complexity index is 1660. The van der Waals surface area contributed by atoms with E-state index in [2.05, 4.69) is 31.3 Å². The van der Waals surface area contributed by atoms with Crippen LogP contribution in [0.1, 0.15) is 44.4 Å². The Morgan fingerprint density at radius 2 is 1.51 bits per heavy atom. The third kappa shape index (κ3) is 9.07. The summed E-state index contributed by atoms with van der Waals surface area (Å²) in [5, 5.41) is 18.0. The molecule has 0 aliphatic carbocycles. The smallest absolute Gasteiger partial charge is 0.338 e. The molecule has 2 fully saturated rings. The van der Waals surface area contributed by atoms with Crippen molar-refractivity contribution >= 4 is 39.5 Å². The summed E-state index contributed by atoms with van der Waals surface area (Å²) in [7, 11) is 1.39. The Kier molecular flexibility index (Phi) is 12.7. The summed E-state index contributed by atoms with van der Waals surface area (Å²) in [6, 6.07) is 19.5. The van der Waals surface area contributed by atoms with Gasteiger partial charge in [0.1, 0.15) is 24.4 Å². The van der Waals surface area contributed by atoms with Gasteiger partial charge in [0, 0.05) is 41.5 Å². The highest BCUT2D eigenvalue weighted by molar-refractivity contribution is 9.09. The third-order valence-corrected chi connectivity index (χ3v) is 8.96. The molecule has 268 valence electrons. The summed E-state index contributed by atoms with van der Waals surface area (Å²) in [5.74, 6) is -1.96. The lowest BCUT2D eigenvalue weighted by Gasteiger charge is -2.47. The summed E-state index contributed by atoms with van der Waals surface area (Å²) in [5.41, 5.74) is 9.88. The van der Waals surface area contributed by atoms with Gasteiger partial charge in [0.05, 0.1) is 28.2 Å². The van der Waals surface area contributed by atoms with Crippen molar-refractivity contribution in [3.05, 3.63) is 122 Å². The van der Waals surface area contributed by atoms with Gasteiger partial charge in [-0.3, -0.25) is 14.9 Å². The van der Waals surface area contributed by atoms with Gasteiger partial charge in [-0.2, -0.15) is 0 Å². The first-order valence-electron chi connectivity index (χ1n) is 15.8. The SMILES string of the molecule is CO[C@H]1O[C@H](CBr)[C@@H](OC(=O)c2ccccc2)[C@H](O[C@H]2C[C@H](N=[N+]=[N-])[C@@H](OC(=O)c3ccc([N+](=O)[O-])cc3)[C@H](C)O2)[C@H]1NC(=O)c1ccccc1. The van der Waals surface area contributed by atoms with Crippen molar-refractivity contribution in [3.63, 3.8) is 0 Å². The highest BCUT2D eigenvalue weighted by Gasteiger charge is 2.52. The van der Waals surface area contributed by atoms with E-state index < -0.39 is 78.0 Å². The van der Waals surface area contributed by atoms with Gasteiger partial charge >= 0.3 is 11.9 Å². The number of hydrogen-bond donors (Lipinski definition) is 1. The average molecular weight is 769 g/mol. The average Bonchev–Trinajstić information content (AvgIpc) is 3.15. The summed E-state index contributed by atoms with van der Waals surface area (Å²) in [6.07, 6.45) is -7.36. The zero-order valence-corrected chi connectivity index (χ0v) is 28.9. The molecule has 17 heteroatoms. The fourth-order valence-electron chi connectivity index (χ4n) is 5.82. The van der Waals surface area contributed by atoms with Crippen molar-refractivity contribution in [2.24, 2.45) is 5.11 Å². The van der Waals surface area contributed by atoms with Crippen LogP contribution >= 0.6 is 15.9 Å². The summed E-state index contributed by atoms with van der Waals surface area (Å²) >= 11 is 3.43. The molecule has 0 radical (unpaired) electrons. The Labute approximate surface area is 300 Å². The molecule has 2 saturated heterocycles. The molecule has 2 aliphatic rings. The first-order valence-corrected chi connectivity index (χ1v) is 16.9. The second-order valence-electron chi connectivity index (χ2n) is 11.6. The first-order chi connectivity index (χ1) is 24.6. The van der Waals surface area contributed by atoms with Crippen LogP contribution in [-0.2, 0) is 28.4 Å². The first kappa shape index (κ1) is 37.4. The van der Waals surface area contributed by atoms with Crippen LogP contribution in [0.4, 0.5) is 5.69 Å². The molecule has 5 rings (SSSR count). The van der Waals surface area contributed by atoms with E-state index in [9.17, 15) is 30.0 Å². The van der Waals surface area contributed by atoms with Crippen LogP contribution in [0.2, 0.25) is 0 Å². The fraction of sp³-hybridized carbons (Fsp3) is 0.382. The van der Waals surface area contributed by atoms with E-state index in [1.807, 2.05) is 0 Å². The predicted octanol–water partition coefficient (Wildman–Crippen LogP) is 5.11. The number of benzene rings is 3. The van der Waals surface area contributed by atoms with Crippen molar-refractivity contribution in [2.45, 2.75) is 68.5 Å². The van der Waals surface area contributed by atoms with Gasteiger partial charge in [0.25, 0.3) is 11.6 Å². The van der Waals surface area contributed by atoms with Crippen molar-refractivity contribution in [2.75, 3.05) is 12.4 Å². The van der Waals surface area contributed by atoms with Gasteiger partial charge in [-0.25, -0.2) is 9.59 Å². The molecule has 3 aromatic rings. The Balaban J connectivity index is 1.42. The quantitative estimate of drug-likeness (QED) is 0.0487. The maximum Gasteiger partial charge on any atom is 0.338 e. The van der Waals surface area contributed by atoms with E-state index in [1.54, 1.807) is 67.6 Å². The zero-order chi connectivity index (χ0) is 36.5. The maximum atomic E-state index is 13.5. The number of amides is 1. The molecule has 2 heterocycles. The van der Waals surface area contributed by atoms with E-state index in [-0.39, 0.29) is 28.6 Å². The van der Waals surface area contributed by atoms with Gasteiger partial charge in [-0.1, -0.05) is 57.4 Å². The van der Waals surface area contributed by atoms with Crippen molar-refractivity contribution in [1.82, 2.24) is 5.32 Å². The number of esters is 2. The molecule has 51 heavy (non-hydrogen) atoms. The van der Waals surface area contributed by atoms with E-state index >= 15 is 0 Å². The Morgan fingerprint density at radius 1 is 0.922 bits per heavy atom. The molecular formula is C34H34BrN5O11. The van der Waals surface area contributed by atoms with Gasteiger partial charge in [0.15, 0.2) is 18.7 Å². The molecule has 9 atom stereocenters. The summed E-state index contributed by atoms with van der Waals surface area (Å²) in [6.45, 7) is 1.59. The molecule has 2 aliphatic heterocycles. The number of azide groups is 1. The predicted molar refractivity (Wildman–Crippen MR) is 182 cm³/mol. The van der Waals surface area contributed by atoms with E-state index in [1.165, 1.54) is 31.4 Å². The number of alkyl halides is 1. The number of carbonyl (C=O) groups excluding carboxylic acids is 3. The number of non-ortho nitro benzene ring substituents is 1. The number of methoxy groups -OCH3 is 1. The van der Waals surface area contributed by atoms with Crippen LogP contribution < -0.4 is 5.32 Å². The second-order valence-corrected chi connectivity index (χ2v) is 12.2. The molecule has 0 unspecified atom stereocenters. The van der Waals surface area contributed by atoms with Crippen LogP contribution in [0.25, 0.3) is 10.4 Å². The molecular weight excluding hydrogens is 734 g/mol. The monoisotopic (exact) mass is 767 g/mol. The molecule has 3 aromatic carbocycles. The number of hydrogen-bond acceptors (Lipinski definition) is 12. The van der Waals surface area contributed by atoms with E-state index in [0.29, 0.717) is 5.56 Å². The minimum atomic E-state index is -1.14. The van der Waals surface area contributed by atoms with Crippen LogP contribution in [0, 0.1) is 10.1 Å². The lowest BCUT2D eigenvalue weighted by atomic mass is 9.95. The van der Waals surface area contributed by atoms with Crippen LogP contribution in [0.3, 0.4) is 0 Å². The van der Waals surface area contributed by atoms with E-state index in [4.69, 9.17) is 28.4 Å². The minimum Gasteiger partial charge on any atom is -0.456 e. The van der Waals surface area contributed by atoms with Crippen LogP contribution in [0.5, 0.6) is 0 Å². The highest BCUT2D eigenvalue weighted by atomic mass is 79.9. The van der Waals surface area contributed by atoms with E-state index in [0.717, 1.165) is 0 Å². The van der Waals surface area contributed by atoms with Gasteiger partial charge in [-0.15, -0.1) is 0 Å². The maximum absolute atomic E-state index is 13.5. The number of nitrogens with one attached hydrogen (secondary N) is 1. The number of rotatable bonds is 12. The number of carbonyl (C=O) groups is 3. The number of nitrogens with zero attached hydrogens (tertiary/aromatic N) is 4. The third-order valence-electron chi connectivity index (χ3n) is 8.33. The lowest BCUT2D eigenvalue weighted by molar-refractivity contribution is -0.384. The Hall–Kier alpha value is -4.90. The summed E-state index contributed by atoms with van der Waals surface area (Å²) in [4.78, 5) is 53.2. The molecule has 0 saturated carbocycles. The van der Waals surface area contributed by atoms with Crippen LogP contribution in [0.15, 0.2) is 90.0 Å². The van der Waals surface area contributed by atoms with Crippen molar-refractivity contribution in [1.29, 1.82) is 0 Å².